The van der Waals surface area contributed by atoms with Crippen molar-refractivity contribution in [1.29, 1.82) is 0 Å². The maximum atomic E-state index is 15.2. The number of allylic oxidation sites excluding steroid dienone is 2. The zero-order chi connectivity index (χ0) is 27.4. The Balaban J connectivity index is 1.50. The van der Waals surface area contributed by atoms with Crippen molar-refractivity contribution in [3.05, 3.63) is 82.3 Å². The second kappa shape index (κ2) is 9.26. The van der Waals surface area contributed by atoms with Crippen LogP contribution in [0.4, 0.5) is 17.6 Å². The average Bonchev–Trinajstić information content (AvgIpc) is 3.38. The lowest BCUT2D eigenvalue weighted by Crippen LogP contribution is -2.28. The van der Waals surface area contributed by atoms with E-state index >= 15 is 4.39 Å². The van der Waals surface area contributed by atoms with E-state index in [0.717, 1.165) is 17.8 Å². The van der Waals surface area contributed by atoms with Crippen LogP contribution in [-0.4, -0.2) is 46.1 Å². The van der Waals surface area contributed by atoms with Crippen LogP contribution in [0.1, 0.15) is 30.9 Å². The molecule has 0 unspecified atom stereocenters. The summed E-state index contributed by atoms with van der Waals surface area (Å²) in [6.45, 7) is 4.64. The van der Waals surface area contributed by atoms with Gasteiger partial charge in [-0.05, 0) is 32.2 Å². The smallest absolute Gasteiger partial charge is 0.371 e. The number of halogens is 4. The van der Waals surface area contributed by atoms with E-state index in [4.69, 9.17) is 0 Å². The van der Waals surface area contributed by atoms with Gasteiger partial charge in [0.15, 0.2) is 17.2 Å². The highest BCUT2D eigenvalue weighted by atomic mass is 19.4. The Bertz CT molecular complexity index is 1660. The van der Waals surface area contributed by atoms with Gasteiger partial charge in [-0.3, -0.25) is 9.13 Å². The van der Waals surface area contributed by atoms with Crippen LogP contribution in [0.25, 0.3) is 28.1 Å². The van der Waals surface area contributed by atoms with Crippen LogP contribution in [0.15, 0.2) is 53.7 Å². The molecule has 1 aliphatic rings. The molecular formula is C26H25F4N7O. The zero-order valence-corrected chi connectivity index (χ0v) is 21.2. The van der Waals surface area contributed by atoms with Gasteiger partial charge in [0.2, 0.25) is 0 Å². The van der Waals surface area contributed by atoms with Gasteiger partial charge in [0.1, 0.15) is 17.2 Å². The first-order valence-electron chi connectivity index (χ1n) is 11.9. The molecule has 0 saturated heterocycles. The average molecular weight is 528 g/mol. The van der Waals surface area contributed by atoms with Crippen LogP contribution >= 0.6 is 0 Å². The summed E-state index contributed by atoms with van der Waals surface area (Å²) in [5, 5.41) is 0. The van der Waals surface area contributed by atoms with Gasteiger partial charge in [-0.15, -0.1) is 0 Å². The Morgan fingerprint density at radius 3 is 2.55 bits per heavy atom. The minimum Gasteiger partial charge on any atom is -0.371 e. The van der Waals surface area contributed by atoms with Crippen molar-refractivity contribution in [3.8, 4) is 11.4 Å². The molecular weight excluding hydrogens is 502 g/mol. The van der Waals surface area contributed by atoms with Crippen molar-refractivity contribution >= 4 is 16.7 Å². The largest absolute Gasteiger partial charge is 0.434 e. The number of nitrogens with zero attached hydrogens (tertiary/aromatic N) is 7. The number of rotatable bonds is 5. The first-order chi connectivity index (χ1) is 17.9. The van der Waals surface area contributed by atoms with Gasteiger partial charge in [-0.25, -0.2) is 24.1 Å². The molecule has 0 amide bonds. The second-order valence-electron chi connectivity index (χ2n) is 9.49. The number of fused-ring (bicyclic) bond motifs is 1. The zero-order valence-electron chi connectivity index (χ0n) is 21.2. The van der Waals surface area contributed by atoms with Gasteiger partial charge in [-0.2, -0.15) is 13.2 Å². The molecule has 3 aromatic heterocycles. The molecule has 4 heterocycles. The fourth-order valence-corrected chi connectivity index (χ4v) is 4.40. The Kier molecular flexibility index (Phi) is 6.20. The highest BCUT2D eigenvalue weighted by molar-refractivity contribution is 5.74. The van der Waals surface area contributed by atoms with Crippen molar-refractivity contribution in [2.24, 2.45) is 14.1 Å². The van der Waals surface area contributed by atoms with Crippen LogP contribution < -0.4 is 5.69 Å². The topological polar surface area (TPSA) is 73.8 Å². The lowest BCUT2D eigenvalue weighted by Gasteiger charge is -2.27. The molecule has 0 aliphatic carbocycles. The number of alkyl halides is 3. The summed E-state index contributed by atoms with van der Waals surface area (Å²) in [5.74, 6) is -0.226. The summed E-state index contributed by atoms with van der Waals surface area (Å²) in [4.78, 5) is 27.9. The lowest BCUT2D eigenvalue weighted by atomic mass is 10.1. The highest BCUT2D eigenvalue weighted by Gasteiger charge is 2.34. The van der Waals surface area contributed by atoms with Gasteiger partial charge in [0.05, 0.1) is 12.7 Å². The molecule has 5 rings (SSSR count). The van der Waals surface area contributed by atoms with Crippen LogP contribution in [0, 0.1) is 5.82 Å². The Hall–Kier alpha value is -4.22. The summed E-state index contributed by atoms with van der Waals surface area (Å²) < 4.78 is 58.3. The molecule has 0 spiro atoms. The van der Waals surface area contributed by atoms with Crippen molar-refractivity contribution < 1.29 is 17.6 Å². The van der Waals surface area contributed by atoms with E-state index in [2.05, 4.69) is 33.7 Å². The lowest BCUT2D eigenvalue weighted by molar-refractivity contribution is -0.140. The van der Waals surface area contributed by atoms with E-state index in [1.54, 1.807) is 13.2 Å². The summed E-state index contributed by atoms with van der Waals surface area (Å²) in [6, 6.07) is 4.32. The summed E-state index contributed by atoms with van der Waals surface area (Å²) in [7, 11) is 3.00. The minimum absolute atomic E-state index is 0.0206. The molecule has 0 bridgehead atoms. The molecule has 38 heavy (non-hydrogen) atoms. The highest BCUT2D eigenvalue weighted by Crippen LogP contribution is 2.31. The number of hydrogen-bond acceptors (Lipinski definition) is 5. The molecule has 0 atom stereocenters. The molecule has 1 aliphatic heterocycles. The van der Waals surface area contributed by atoms with E-state index in [9.17, 15) is 18.0 Å². The Labute approximate surface area is 215 Å². The second-order valence-corrected chi connectivity index (χ2v) is 9.49. The first kappa shape index (κ1) is 25.4. The van der Waals surface area contributed by atoms with E-state index in [1.807, 2.05) is 18.4 Å². The van der Waals surface area contributed by atoms with Gasteiger partial charge in [-0.1, -0.05) is 18.2 Å². The maximum Gasteiger partial charge on any atom is 0.434 e. The molecule has 0 fully saturated rings. The molecule has 12 heteroatoms. The van der Waals surface area contributed by atoms with E-state index in [0.29, 0.717) is 23.5 Å². The number of aryl methyl sites for hydroxylation is 2. The quantitative estimate of drug-likeness (QED) is 0.361. The number of aromatic nitrogens is 6. The van der Waals surface area contributed by atoms with Crippen LogP contribution in [0.5, 0.6) is 0 Å². The third-order valence-electron chi connectivity index (χ3n) is 6.57. The standard InChI is InChI=1S/C26H25F4N7O/c1-15(2)36-9-5-6-18(12-36)22-31-11-20-24(33-22)37(25(38)35(20)4)13-17-8-7-16(10-19(17)27)23-32-21(14-34(23)3)26(28,29)30/h5-11,14-15H,12-13H2,1-4H3. The van der Waals surface area contributed by atoms with Crippen LogP contribution in [0.2, 0.25) is 0 Å². The third kappa shape index (κ3) is 4.50. The molecule has 0 N–H and O–H groups in total. The van der Waals surface area contributed by atoms with Crippen molar-refractivity contribution in [1.82, 2.24) is 33.6 Å². The van der Waals surface area contributed by atoms with Gasteiger partial charge < -0.3 is 9.47 Å². The normalized spacial score (nSPS) is 14.1. The molecule has 8 nitrogen and oxygen atoms in total. The summed E-state index contributed by atoms with van der Waals surface area (Å²) in [6.07, 6.45) is 3.65. The number of imidazole rings is 2. The van der Waals surface area contributed by atoms with E-state index in [1.165, 1.54) is 32.9 Å². The molecule has 1 aromatic carbocycles. The molecule has 198 valence electrons. The fourth-order valence-electron chi connectivity index (χ4n) is 4.40. The van der Waals surface area contributed by atoms with Crippen molar-refractivity contribution in [2.45, 2.75) is 32.6 Å². The van der Waals surface area contributed by atoms with Gasteiger partial charge in [0.25, 0.3) is 0 Å². The monoisotopic (exact) mass is 527 g/mol. The SMILES string of the molecule is CC(C)N1C=CC=C(c2ncc3c(n2)n(Cc2ccc(-c4nc(C(F)(F)F)cn4C)cc2F)c(=O)n3C)C1. The van der Waals surface area contributed by atoms with Crippen molar-refractivity contribution in [3.63, 3.8) is 0 Å². The van der Waals surface area contributed by atoms with E-state index in [-0.39, 0.29) is 29.5 Å². The molecule has 4 aromatic rings. The number of benzene rings is 1. The Morgan fingerprint density at radius 1 is 1.13 bits per heavy atom. The third-order valence-corrected chi connectivity index (χ3v) is 6.57. The predicted molar refractivity (Wildman–Crippen MR) is 134 cm³/mol. The fraction of sp³-hybridized carbons (Fsp3) is 0.308. The van der Waals surface area contributed by atoms with Gasteiger partial charge in [0, 0.05) is 49.6 Å². The van der Waals surface area contributed by atoms with E-state index < -0.39 is 23.4 Å². The van der Waals surface area contributed by atoms with Gasteiger partial charge >= 0.3 is 11.9 Å². The van der Waals surface area contributed by atoms with Crippen molar-refractivity contribution in [2.75, 3.05) is 6.54 Å². The first-order valence-corrected chi connectivity index (χ1v) is 11.9. The molecule has 0 saturated carbocycles. The molecule has 0 radical (unpaired) electrons. The van der Waals surface area contributed by atoms with Crippen LogP contribution in [0.3, 0.4) is 0 Å². The number of hydrogen-bond donors (Lipinski definition) is 0. The maximum absolute atomic E-state index is 15.2. The van der Waals surface area contributed by atoms with Crippen LogP contribution in [-0.2, 0) is 26.8 Å². The summed E-state index contributed by atoms with van der Waals surface area (Å²) in [5.41, 5.74) is 0.653. The predicted octanol–water partition coefficient (Wildman–Crippen LogP) is 4.36. The summed E-state index contributed by atoms with van der Waals surface area (Å²) >= 11 is 0. The Morgan fingerprint density at radius 2 is 1.89 bits per heavy atom. The minimum atomic E-state index is -4.61.